The number of benzene rings is 1. The van der Waals surface area contributed by atoms with Crippen molar-refractivity contribution in [2.45, 2.75) is 25.7 Å². The van der Waals surface area contributed by atoms with E-state index in [1.54, 1.807) is 37.8 Å². The molecule has 0 aliphatic heterocycles. The van der Waals surface area contributed by atoms with Crippen molar-refractivity contribution in [1.82, 2.24) is 9.66 Å². The van der Waals surface area contributed by atoms with Crippen molar-refractivity contribution >= 4 is 43.7 Å². The fourth-order valence-electron chi connectivity index (χ4n) is 3.33. The summed E-state index contributed by atoms with van der Waals surface area (Å²) < 4.78 is 12.8. The van der Waals surface area contributed by atoms with Crippen molar-refractivity contribution < 1.29 is 9.47 Å². The maximum absolute atomic E-state index is 13.0. The van der Waals surface area contributed by atoms with Crippen LogP contribution in [0, 0.1) is 0 Å². The third-order valence-electron chi connectivity index (χ3n) is 4.68. The van der Waals surface area contributed by atoms with E-state index in [0.29, 0.717) is 11.5 Å². The van der Waals surface area contributed by atoms with Gasteiger partial charge in [0.05, 0.1) is 30.3 Å². The number of hydrogen-bond acceptors (Lipinski definition) is 6. The zero-order valence-electron chi connectivity index (χ0n) is 15.0. The minimum absolute atomic E-state index is 0.123. The monoisotopic (exact) mass is 447 g/mol. The molecule has 0 spiro atoms. The van der Waals surface area contributed by atoms with Crippen LogP contribution in [0.5, 0.6) is 11.5 Å². The largest absolute Gasteiger partial charge is 0.496 e. The average molecular weight is 448 g/mol. The molecule has 0 atom stereocenters. The van der Waals surface area contributed by atoms with Gasteiger partial charge < -0.3 is 9.47 Å². The second-order valence-electron chi connectivity index (χ2n) is 6.26. The van der Waals surface area contributed by atoms with Gasteiger partial charge in [0.2, 0.25) is 0 Å². The van der Waals surface area contributed by atoms with E-state index in [4.69, 9.17) is 9.47 Å². The van der Waals surface area contributed by atoms with E-state index in [9.17, 15) is 4.79 Å². The Morgan fingerprint density at radius 2 is 2.00 bits per heavy atom. The van der Waals surface area contributed by atoms with Gasteiger partial charge in [-0.15, -0.1) is 11.3 Å². The molecule has 6 nitrogen and oxygen atoms in total. The Balaban J connectivity index is 1.77. The first-order chi connectivity index (χ1) is 13.1. The van der Waals surface area contributed by atoms with Crippen LogP contribution in [0.15, 0.2) is 32.8 Å². The van der Waals surface area contributed by atoms with Gasteiger partial charge in [-0.2, -0.15) is 9.78 Å². The molecule has 8 heteroatoms. The molecule has 0 saturated carbocycles. The summed E-state index contributed by atoms with van der Waals surface area (Å²) in [6.45, 7) is 0. The molecule has 140 valence electrons. The molecule has 0 radical (unpaired) electrons. The maximum Gasteiger partial charge on any atom is 0.282 e. The molecule has 0 amide bonds. The third-order valence-corrected chi connectivity index (χ3v) is 6.50. The number of nitrogens with zero attached hydrogens (tertiary/aromatic N) is 3. The normalized spacial score (nSPS) is 13.9. The van der Waals surface area contributed by atoms with Crippen LogP contribution in [0.25, 0.3) is 10.2 Å². The van der Waals surface area contributed by atoms with Crippen LogP contribution in [0.1, 0.15) is 28.8 Å². The van der Waals surface area contributed by atoms with Crippen LogP contribution in [0.4, 0.5) is 0 Å². The lowest BCUT2D eigenvalue weighted by molar-refractivity contribution is 0.392. The first-order valence-corrected chi connectivity index (χ1v) is 10.2. The first kappa shape index (κ1) is 18.2. The lowest BCUT2D eigenvalue weighted by Crippen LogP contribution is -2.18. The van der Waals surface area contributed by atoms with Crippen LogP contribution in [0.3, 0.4) is 0 Å². The summed E-state index contributed by atoms with van der Waals surface area (Å²) in [6.07, 6.45) is 7.35. The molecular formula is C19H18BrN3O3S. The molecule has 4 rings (SSSR count). The number of halogens is 1. The number of hydrogen-bond donors (Lipinski definition) is 0. The molecule has 3 aromatic rings. The zero-order chi connectivity index (χ0) is 19.0. The molecular weight excluding hydrogens is 430 g/mol. The number of fused-ring (bicyclic) bond motifs is 3. The summed E-state index contributed by atoms with van der Waals surface area (Å²) in [5, 5.41) is 5.06. The van der Waals surface area contributed by atoms with Crippen molar-refractivity contribution in [1.29, 1.82) is 0 Å². The van der Waals surface area contributed by atoms with Crippen molar-refractivity contribution in [3.63, 3.8) is 0 Å². The van der Waals surface area contributed by atoms with Gasteiger partial charge in [0, 0.05) is 16.5 Å². The van der Waals surface area contributed by atoms with Gasteiger partial charge in [-0.25, -0.2) is 4.98 Å². The number of aryl methyl sites for hydroxylation is 2. The molecule has 0 bridgehead atoms. The Morgan fingerprint density at radius 3 is 2.78 bits per heavy atom. The van der Waals surface area contributed by atoms with Gasteiger partial charge in [0.1, 0.15) is 22.7 Å². The standard InChI is InChI=1S/C19H18BrN3O3S/c1-25-14-8-15(26-2)13(20)7-11(14)9-22-23-10-21-18-17(19(23)24)12-5-3-4-6-16(12)27-18/h7-10H,3-6H2,1-2H3/b22-9+. The number of ether oxygens (including phenoxy) is 2. The Morgan fingerprint density at radius 1 is 1.22 bits per heavy atom. The van der Waals surface area contributed by atoms with E-state index >= 15 is 0 Å². The summed E-state index contributed by atoms with van der Waals surface area (Å²) in [4.78, 5) is 19.5. The van der Waals surface area contributed by atoms with Crippen LogP contribution >= 0.6 is 27.3 Å². The summed E-state index contributed by atoms with van der Waals surface area (Å²) in [5.41, 5.74) is 1.76. The topological polar surface area (TPSA) is 65.7 Å². The fourth-order valence-corrected chi connectivity index (χ4v) is 5.07. The fraction of sp³-hybridized carbons (Fsp3) is 0.316. The Labute approximate surface area is 168 Å². The minimum Gasteiger partial charge on any atom is -0.496 e. The number of rotatable bonds is 4. The first-order valence-electron chi connectivity index (χ1n) is 8.60. The van der Waals surface area contributed by atoms with Gasteiger partial charge in [0.15, 0.2) is 0 Å². The van der Waals surface area contributed by atoms with Gasteiger partial charge in [-0.3, -0.25) is 4.79 Å². The maximum atomic E-state index is 13.0. The molecule has 0 unspecified atom stereocenters. The zero-order valence-corrected chi connectivity index (χ0v) is 17.4. The molecule has 27 heavy (non-hydrogen) atoms. The molecule has 1 aromatic carbocycles. The van der Waals surface area contributed by atoms with Gasteiger partial charge in [-0.1, -0.05) is 0 Å². The van der Waals surface area contributed by atoms with E-state index in [0.717, 1.165) is 45.1 Å². The Bertz CT molecular complexity index is 1100. The molecule has 2 heterocycles. The highest BCUT2D eigenvalue weighted by Gasteiger charge is 2.19. The van der Waals surface area contributed by atoms with E-state index < -0.39 is 0 Å². The number of thiophene rings is 1. The van der Waals surface area contributed by atoms with Crippen LogP contribution < -0.4 is 15.0 Å². The Kier molecular flexibility index (Phi) is 5.01. The van der Waals surface area contributed by atoms with Crippen molar-refractivity contribution in [3.05, 3.63) is 49.3 Å². The molecule has 1 aliphatic carbocycles. The molecule has 0 fully saturated rings. The van der Waals surface area contributed by atoms with E-state index in [2.05, 4.69) is 26.0 Å². The lowest BCUT2D eigenvalue weighted by atomic mass is 9.97. The van der Waals surface area contributed by atoms with E-state index in [1.807, 2.05) is 6.07 Å². The Hall–Kier alpha value is -2.19. The highest BCUT2D eigenvalue weighted by molar-refractivity contribution is 9.10. The SMILES string of the molecule is COc1cc(OC)c(/C=N/n2cnc3sc4c(c3c2=O)CCCC4)cc1Br. The van der Waals surface area contributed by atoms with Gasteiger partial charge in [-0.05, 0) is 53.2 Å². The smallest absolute Gasteiger partial charge is 0.282 e. The quantitative estimate of drug-likeness (QED) is 0.566. The minimum atomic E-state index is -0.123. The second-order valence-corrected chi connectivity index (χ2v) is 8.20. The summed E-state index contributed by atoms with van der Waals surface area (Å²) in [7, 11) is 3.17. The molecule has 0 N–H and O–H groups in total. The number of aromatic nitrogens is 2. The van der Waals surface area contributed by atoms with E-state index in [1.165, 1.54) is 22.3 Å². The van der Waals surface area contributed by atoms with Crippen LogP contribution in [-0.2, 0) is 12.8 Å². The summed E-state index contributed by atoms with van der Waals surface area (Å²) >= 11 is 5.09. The average Bonchev–Trinajstić information content (AvgIpc) is 3.07. The van der Waals surface area contributed by atoms with Gasteiger partial charge in [0.25, 0.3) is 5.56 Å². The van der Waals surface area contributed by atoms with Crippen molar-refractivity contribution in [2.24, 2.45) is 5.10 Å². The van der Waals surface area contributed by atoms with Crippen molar-refractivity contribution in [3.8, 4) is 11.5 Å². The predicted molar refractivity (Wildman–Crippen MR) is 111 cm³/mol. The highest BCUT2D eigenvalue weighted by Crippen LogP contribution is 2.34. The third kappa shape index (κ3) is 3.27. The number of methoxy groups -OCH3 is 2. The second kappa shape index (κ2) is 7.44. The summed E-state index contributed by atoms with van der Waals surface area (Å²) in [5.74, 6) is 1.27. The predicted octanol–water partition coefficient (Wildman–Crippen LogP) is 4.00. The van der Waals surface area contributed by atoms with Crippen LogP contribution in [0.2, 0.25) is 0 Å². The molecule has 0 saturated heterocycles. The van der Waals surface area contributed by atoms with Gasteiger partial charge >= 0.3 is 0 Å². The molecule has 2 aromatic heterocycles. The highest BCUT2D eigenvalue weighted by atomic mass is 79.9. The lowest BCUT2D eigenvalue weighted by Gasteiger charge is -2.10. The van der Waals surface area contributed by atoms with Crippen LogP contribution in [-0.4, -0.2) is 30.1 Å². The van der Waals surface area contributed by atoms with E-state index in [-0.39, 0.29) is 5.56 Å². The summed E-state index contributed by atoms with van der Waals surface area (Å²) in [6, 6.07) is 3.61. The van der Waals surface area contributed by atoms with Crippen molar-refractivity contribution in [2.75, 3.05) is 14.2 Å². The molecule has 1 aliphatic rings.